The zero-order chi connectivity index (χ0) is 15.1. The summed E-state index contributed by atoms with van der Waals surface area (Å²) >= 11 is 0. The van der Waals surface area contributed by atoms with Crippen molar-refractivity contribution in [2.75, 3.05) is 6.61 Å². The molecule has 1 aliphatic carbocycles. The molecule has 0 heterocycles. The molecule has 21 heavy (non-hydrogen) atoms. The fourth-order valence-electron chi connectivity index (χ4n) is 3.00. The lowest BCUT2D eigenvalue weighted by Crippen LogP contribution is -2.36. The lowest BCUT2D eigenvalue weighted by molar-refractivity contribution is -0.149. The van der Waals surface area contributed by atoms with Gasteiger partial charge in [0.1, 0.15) is 0 Å². The second kappa shape index (κ2) is 8.18. The Morgan fingerprint density at radius 2 is 1.90 bits per heavy atom. The Bertz CT molecular complexity index is 441. The fourth-order valence-corrected chi connectivity index (χ4v) is 3.00. The van der Waals surface area contributed by atoms with Crippen molar-refractivity contribution in [1.82, 2.24) is 5.32 Å². The number of hydrogen-bond acceptors (Lipinski definition) is 3. The molecule has 2 rings (SSSR count). The lowest BCUT2D eigenvalue weighted by Gasteiger charge is -2.28. The van der Waals surface area contributed by atoms with Crippen molar-refractivity contribution >= 4 is 5.97 Å². The summed E-state index contributed by atoms with van der Waals surface area (Å²) in [5.41, 5.74) is 2.68. The smallest absolute Gasteiger partial charge is 0.308 e. The van der Waals surface area contributed by atoms with E-state index in [1.54, 1.807) is 0 Å². The highest BCUT2D eigenvalue weighted by atomic mass is 16.5. The van der Waals surface area contributed by atoms with Crippen LogP contribution in [0.2, 0.25) is 0 Å². The summed E-state index contributed by atoms with van der Waals surface area (Å²) in [5.74, 6) is 0.0648. The van der Waals surface area contributed by atoms with Crippen LogP contribution in [0.15, 0.2) is 24.3 Å². The second-order valence-corrected chi connectivity index (χ2v) is 5.86. The molecule has 0 spiro atoms. The van der Waals surface area contributed by atoms with E-state index >= 15 is 0 Å². The van der Waals surface area contributed by atoms with Crippen LogP contribution in [0.5, 0.6) is 0 Å². The molecule has 2 atom stereocenters. The van der Waals surface area contributed by atoms with Gasteiger partial charge in [-0.25, -0.2) is 0 Å². The monoisotopic (exact) mass is 289 g/mol. The van der Waals surface area contributed by atoms with Crippen molar-refractivity contribution in [3.63, 3.8) is 0 Å². The molecule has 116 valence electrons. The highest BCUT2D eigenvalue weighted by Crippen LogP contribution is 2.25. The standard InChI is InChI=1S/C18H27NO2/c1-3-14-8-10-15(11-9-14)13-19-17-7-5-6-16(12-17)18(20)21-4-2/h8-11,16-17,19H,3-7,12-13H2,1-2H3. The molecule has 0 bridgehead atoms. The van der Waals surface area contributed by atoms with E-state index in [1.807, 2.05) is 6.92 Å². The van der Waals surface area contributed by atoms with Gasteiger partial charge in [-0.2, -0.15) is 0 Å². The molecular weight excluding hydrogens is 262 g/mol. The molecule has 1 N–H and O–H groups in total. The van der Waals surface area contributed by atoms with Crippen molar-refractivity contribution in [2.24, 2.45) is 5.92 Å². The Morgan fingerprint density at radius 3 is 2.57 bits per heavy atom. The molecule has 0 aliphatic heterocycles. The van der Waals surface area contributed by atoms with Crippen LogP contribution < -0.4 is 5.32 Å². The van der Waals surface area contributed by atoms with Crippen molar-refractivity contribution in [3.8, 4) is 0 Å². The summed E-state index contributed by atoms with van der Waals surface area (Å²) in [6, 6.07) is 9.20. The van der Waals surface area contributed by atoms with Gasteiger partial charge in [-0.05, 0) is 43.7 Å². The van der Waals surface area contributed by atoms with Gasteiger partial charge in [-0.3, -0.25) is 4.79 Å². The summed E-state index contributed by atoms with van der Waals surface area (Å²) in [5, 5.41) is 3.59. The largest absolute Gasteiger partial charge is 0.466 e. The van der Waals surface area contributed by atoms with E-state index in [9.17, 15) is 4.79 Å². The Kier molecular flexibility index (Phi) is 6.24. The third-order valence-electron chi connectivity index (χ3n) is 4.32. The van der Waals surface area contributed by atoms with Crippen molar-refractivity contribution in [3.05, 3.63) is 35.4 Å². The average molecular weight is 289 g/mol. The fraction of sp³-hybridized carbons (Fsp3) is 0.611. The number of rotatable bonds is 6. The van der Waals surface area contributed by atoms with E-state index in [-0.39, 0.29) is 11.9 Å². The molecule has 1 saturated carbocycles. The quantitative estimate of drug-likeness (QED) is 0.815. The Hall–Kier alpha value is -1.35. The normalized spacial score (nSPS) is 22.0. The van der Waals surface area contributed by atoms with Gasteiger partial charge in [0.25, 0.3) is 0 Å². The number of benzene rings is 1. The Balaban J connectivity index is 1.80. The first kappa shape index (κ1) is 16.0. The van der Waals surface area contributed by atoms with E-state index in [4.69, 9.17) is 4.74 Å². The topological polar surface area (TPSA) is 38.3 Å². The van der Waals surface area contributed by atoms with Crippen LogP contribution in [0.1, 0.15) is 50.7 Å². The third-order valence-corrected chi connectivity index (χ3v) is 4.32. The number of aryl methyl sites for hydroxylation is 1. The van der Waals surface area contributed by atoms with Crippen molar-refractivity contribution in [1.29, 1.82) is 0 Å². The average Bonchev–Trinajstić information content (AvgIpc) is 2.54. The first-order chi connectivity index (χ1) is 10.2. The van der Waals surface area contributed by atoms with Crippen molar-refractivity contribution < 1.29 is 9.53 Å². The van der Waals surface area contributed by atoms with Crippen LogP contribution in [0, 0.1) is 5.92 Å². The number of carbonyl (C=O) groups is 1. The van der Waals surface area contributed by atoms with E-state index < -0.39 is 0 Å². The molecular formula is C18H27NO2. The van der Waals surface area contributed by atoms with Gasteiger partial charge in [0.15, 0.2) is 0 Å². The number of nitrogens with one attached hydrogen (secondary N) is 1. The summed E-state index contributed by atoms with van der Waals surface area (Å²) < 4.78 is 5.15. The zero-order valence-electron chi connectivity index (χ0n) is 13.2. The first-order valence-electron chi connectivity index (χ1n) is 8.20. The molecule has 1 aromatic rings. The van der Waals surface area contributed by atoms with Crippen LogP contribution in [0.4, 0.5) is 0 Å². The van der Waals surface area contributed by atoms with E-state index in [2.05, 4.69) is 36.5 Å². The van der Waals surface area contributed by atoms with Gasteiger partial charge >= 0.3 is 5.97 Å². The van der Waals surface area contributed by atoms with Crippen LogP contribution in [-0.2, 0) is 22.5 Å². The minimum Gasteiger partial charge on any atom is -0.466 e. The van der Waals surface area contributed by atoms with Crippen LogP contribution in [-0.4, -0.2) is 18.6 Å². The molecule has 2 unspecified atom stereocenters. The highest BCUT2D eigenvalue weighted by Gasteiger charge is 2.27. The number of esters is 1. The maximum atomic E-state index is 11.8. The summed E-state index contributed by atoms with van der Waals surface area (Å²) in [4.78, 5) is 11.8. The molecule has 1 fully saturated rings. The molecule has 3 heteroatoms. The zero-order valence-corrected chi connectivity index (χ0v) is 13.2. The first-order valence-corrected chi connectivity index (χ1v) is 8.20. The molecule has 0 saturated heterocycles. The summed E-state index contributed by atoms with van der Waals surface area (Å²) in [6.07, 6.45) is 5.23. The van der Waals surface area contributed by atoms with Gasteiger partial charge in [-0.15, -0.1) is 0 Å². The van der Waals surface area contributed by atoms with Gasteiger partial charge in [0.2, 0.25) is 0 Å². The number of ether oxygens (including phenoxy) is 1. The molecule has 1 aliphatic rings. The predicted molar refractivity (Wildman–Crippen MR) is 85.0 cm³/mol. The van der Waals surface area contributed by atoms with Crippen LogP contribution in [0.25, 0.3) is 0 Å². The Labute approximate surface area is 128 Å². The maximum Gasteiger partial charge on any atom is 0.308 e. The van der Waals surface area contributed by atoms with Crippen molar-refractivity contribution in [2.45, 2.75) is 58.5 Å². The predicted octanol–water partition coefficient (Wildman–Crippen LogP) is 3.46. The highest BCUT2D eigenvalue weighted by molar-refractivity contribution is 5.72. The van der Waals surface area contributed by atoms with Crippen LogP contribution >= 0.6 is 0 Å². The molecule has 3 nitrogen and oxygen atoms in total. The molecule has 0 radical (unpaired) electrons. The number of hydrogen-bond donors (Lipinski definition) is 1. The lowest BCUT2D eigenvalue weighted by atomic mass is 9.85. The molecule has 0 aromatic heterocycles. The van der Waals surface area contributed by atoms with E-state index in [0.717, 1.165) is 38.6 Å². The van der Waals surface area contributed by atoms with Gasteiger partial charge in [0, 0.05) is 12.6 Å². The van der Waals surface area contributed by atoms with Gasteiger partial charge < -0.3 is 10.1 Å². The molecule has 0 amide bonds. The minimum atomic E-state index is -0.0173. The third kappa shape index (κ3) is 4.85. The summed E-state index contributed by atoms with van der Waals surface area (Å²) in [6.45, 7) is 5.41. The van der Waals surface area contributed by atoms with E-state index in [0.29, 0.717) is 12.6 Å². The summed E-state index contributed by atoms with van der Waals surface area (Å²) in [7, 11) is 0. The second-order valence-electron chi connectivity index (χ2n) is 5.86. The maximum absolute atomic E-state index is 11.8. The van der Waals surface area contributed by atoms with Gasteiger partial charge in [0.05, 0.1) is 12.5 Å². The minimum absolute atomic E-state index is 0.0173. The number of carbonyl (C=O) groups excluding carboxylic acids is 1. The van der Waals surface area contributed by atoms with Gasteiger partial charge in [-0.1, -0.05) is 37.6 Å². The molecule has 1 aromatic carbocycles. The SMILES string of the molecule is CCOC(=O)C1CCCC(NCc2ccc(CC)cc2)C1. The Morgan fingerprint density at radius 1 is 1.19 bits per heavy atom. The van der Waals surface area contributed by atoms with E-state index in [1.165, 1.54) is 11.1 Å². The van der Waals surface area contributed by atoms with Crippen LogP contribution in [0.3, 0.4) is 0 Å².